The SMILES string of the molecule is CN(C(=O)c1cccnc1)c1cnc(NN)c(Cl)c1.CN(C(=O)c1cccnc1)c1cnc(NNC(=S)NC2c3cnccc3CCc3c(F)cccc32)c(Cl)c1.Fc1cccc2c1CCc1ccncc1C2NC=S. The second-order valence-corrected chi connectivity index (χ2v) is 18.5. The third-order valence-corrected chi connectivity index (χ3v) is 13.5. The second kappa shape index (κ2) is 25.4. The Bertz CT molecular complexity index is 3390. The lowest BCUT2D eigenvalue weighted by Gasteiger charge is -2.24. The molecule has 22 heteroatoms. The van der Waals surface area contributed by atoms with Gasteiger partial charge in [0.15, 0.2) is 16.7 Å². The van der Waals surface area contributed by atoms with Crippen molar-refractivity contribution in [2.24, 2.45) is 5.84 Å². The first-order valence-corrected chi connectivity index (χ1v) is 25.1. The van der Waals surface area contributed by atoms with Crippen LogP contribution in [0.1, 0.15) is 77.3 Å². The molecule has 16 nitrogen and oxygen atoms in total. The Kier molecular flexibility index (Phi) is 18.1. The van der Waals surface area contributed by atoms with Crippen LogP contribution < -0.4 is 42.6 Å². The molecule has 8 aromatic rings. The zero-order valence-corrected chi connectivity index (χ0v) is 43.9. The predicted molar refractivity (Wildman–Crippen MR) is 299 cm³/mol. The number of benzene rings is 2. The highest BCUT2D eigenvalue weighted by Crippen LogP contribution is 2.35. The molecule has 386 valence electrons. The maximum atomic E-state index is 14.7. The van der Waals surface area contributed by atoms with Gasteiger partial charge in [-0.1, -0.05) is 59.7 Å². The molecule has 2 amide bonds. The van der Waals surface area contributed by atoms with Crippen molar-refractivity contribution in [2.45, 2.75) is 37.8 Å². The van der Waals surface area contributed by atoms with Crippen LogP contribution in [-0.2, 0) is 25.7 Å². The van der Waals surface area contributed by atoms with Crippen LogP contribution in [0.4, 0.5) is 31.8 Å². The Morgan fingerprint density at radius 1 is 0.632 bits per heavy atom. The molecule has 0 saturated heterocycles. The highest BCUT2D eigenvalue weighted by Gasteiger charge is 2.28. The molecule has 2 atom stereocenters. The molecule has 6 aromatic heterocycles. The molecule has 6 heterocycles. The van der Waals surface area contributed by atoms with Crippen LogP contribution in [0.3, 0.4) is 0 Å². The summed E-state index contributed by atoms with van der Waals surface area (Å²) < 4.78 is 28.7. The number of aromatic nitrogens is 6. The van der Waals surface area contributed by atoms with E-state index in [-0.39, 0.29) is 39.6 Å². The average Bonchev–Trinajstić information content (AvgIpc) is 3.72. The number of pyridine rings is 6. The highest BCUT2D eigenvalue weighted by molar-refractivity contribution is 7.80. The number of anilines is 4. The molecule has 0 bridgehead atoms. The van der Waals surface area contributed by atoms with E-state index in [1.807, 2.05) is 30.5 Å². The number of carbonyl (C=O) groups excluding carboxylic acids is 2. The van der Waals surface area contributed by atoms with Gasteiger partial charge in [-0.05, 0) is 132 Å². The molecule has 2 aromatic carbocycles. The fourth-order valence-electron chi connectivity index (χ4n) is 8.63. The Labute approximate surface area is 457 Å². The minimum Gasteiger partial charge on any atom is -0.371 e. The summed E-state index contributed by atoms with van der Waals surface area (Å²) in [7, 11) is 3.27. The Hall–Kier alpha value is -8.14. The van der Waals surface area contributed by atoms with E-state index in [1.54, 1.807) is 93.6 Å². The molecule has 76 heavy (non-hydrogen) atoms. The first kappa shape index (κ1) is 54.1. The van der Waals surface area contributed by atoms with Crippen LogP contribution in [0.15, 0.2) is 147 Å². The molecule has 10 rings (SSSR count). The number of fused-ring (bicyclic) bond motifs is 4. The molecule has 0 radical (unpaired) electrons. The first-order valence-electron chi connectivity index (χ1n) is 23.4. The minimum absolute atomic E-state index is 0.116. The van der Waals surface area contributed by atoms with E-state index in [1.165, 1.54) is 57.8 Å². The van der Waals surface area contributed by atoms with Gasteiger partial charge >= 0.3 is 0 Å². The predicted octanol–water partition coefficient (Wildman–Crippen LogP) is 9.27. The zero-order valence-electron chi connectivity index (χ0n) is 40.7. The number of thiocarbonyl (C=S) groups is 2. The summed E-state index contributed by atoms with van der Waals surface area (Å²) >= 11 is 22.9. The molecule has 0 spiro atoms. The summed E-state index contributed by atoms with van der Waals surface area (Å²) in [4.78, 5) is 52.5. The number of halogens is 4. The van der Waals surface area contributed by atoms with Gasteiger partial charge in [-0.15, -0.1) is 0 Å². The van der Waals surface area contributed by atoms with Gasteiger partial charge in [0.05, 0.1) is 62.5 Å². The fourth-order valence-corrected chi connectivity index (χ4v) is 9.35. The van der Waals surface area contributed by atoms with E-state index >= 15 is 0 Å². The molecule has 2 unspecified atom stereocenters. The Morgan fingerprint density at radius 2 is 1.12 bits per heavy atom. The highest BCUT2D eigenvalue weighted by atomic mass is 35.5. The van der Waals surface area contributed by atoms with Crippen molar-refractivity contribution in [3.63, 3.8) is 0 Å². The lowest BCUT2D eigenvalue weighted by molar-refractivity contribution is 0.0985. The topological polar surface area (TPSA) is 204 Å². The van der Waals surface area contributed by atoms with E-state index in [9.17, 15) is 18.4 Å². The van der Waals surface area contributed by atoms with Crippen LogP contribution >= 0.6 is 47.6 Å². The molecular formula is C54H48Cl2F2N14O2S2. The number of rotatable bonds is 10. The van der Waals surface area contributed by atoms with Gasteiger partial charge in [0.2, 0.25) is 0 Å². The third kappa shape index (κ3) is 12.7. The summed E-state index contributed by atoms with van der Waals surface area (Å²) in [6, 6.07) is 23.7. The van der Waals surface area contributed by atoms with Crippen molar-refractivity contribution in [1.82, 2.24) is 46.0 Å². The number of hydrogen-bond donors (Lipinski definition) is 6. The van der Waals surface area contributed by atoms with Gasteiger partial charge in [-0.3, -0.25) is 40.4 Å². The number of hydrazine groups is 2. The van der Waals surface area contributed by atoms with Crippen molar-refractivity contribution in [1.29, 1.82) is 0 Å². The smallest absolute Gasteiger partial charge is 0.259 e. The summed E-state index contributed by atoms with van der Waals surface area (Å²) in [5, 5.41) is 7.29. The van der Waals surface area contributed by atoms with Gasteiger partial charge in [0, 0.05) is 74.8 Å². The molecule has 0 fully saturated rings. The molecule has 0 aliphatic heterocycles. The van der Waals surface area contributed by atoms with E-state index in [4.69, 9.17) is 53.5 Å². The second-order valence-electron chi connectivity index (χ2n) is 17.0. The lowest BCUT2D eigenvalue weighted by Crippen LogP contribution is -2.41. The Morgan fingerprint density at radius 3 is 1.59 bits per heavy atom. The number of aryl methyl sites for hydroxylation is 2. The quantitative estimate of drug-likeness (QED) is 0.0429. The van der Waals surface area contributed by atoms with Gasteiger partial charge in [-0.25, -0.2) is 24.6 Å². The fraction of sp³-hybridized carbons (Fsp3) is 0.148. The van der Waals surface area contributed by atoms with Crippen LogP contribution in [0.5, 0.6) is 0 Å². The maximum Gasteiger partial charge on any atom is 0.259 e. The van der Waals surface area contributed by atoms with Gasteiger partial charge in [0.1, 0.15) is 11.6 Å². The number of carbonyl (C=O) groups is 2. The van der Waals surface area contributed by atoms with Crippen LogP contribution in [0.25, 0.3) is 0 Å². The van der Waals surface area contributed by atoms with Crippen LogP contribution in [0, 0.1) is 11.6 Å². The number of amides is 2. The van der Waals surface area contributed by atoms with Crippen molar-refractivity contribution >= 4 is 93.1 Å². The standard InChI is InChI=1S/C27H23ClFN7OS.C15H13FN2S.C12H12ClN5O/c1-36(26(37)17-4-3-10-30-13-17)18-12-22(28)25(32-14-18)34-35-27(38)33-24-20-5-2-6-23(29)19(20)8-7-16-9-11-31-15-21(16)24;16-14-3-1-2-12-11(14)5-4-10-6-7-17-8-13(10)15(12)18-9-19;1-18(12(19)8-3-2-4-15-6-8)9-5-10(13)11(17-14)16-7-9/h2-6,9-15,24H,7-8H2,1H3,(H,32,34)(H2,33,35,38);1-3,6-9,15H,4-5H2,(H,18,19);2-7H,14H2,1H3,(H,16,17). The summed E-state index contributed by atoms with van der Waals surface area (Å²) in [6.45, 7) is 0. The molecule has 0 saturated carbocycles. The van der Waals surface area contributed by atoms with Crippen molar-refractivity contribution in [3.05, 3.63) is 224 Å². The number of nitrogens with zero attached hydrogens (tertiary/aromatic N) is 8. The minimum atomic E-state index is -0.397. The van der Waals surface area contributed by atoms with Crippen molar-refractivity contribution < 1.29 is 18.4 Å². The summed E-state index contributed by atoms with van der Waals surface area (Å²) in [5.41, 5.74) is 19.1. The van der Waals surface area contributed by atoms with Crippen molar-refractivity contribution in [3.8, 4) is 0 Å². The number of nitrogens with one attached hydrogen (secondary N) is 5. The molecule has 2 aliphatic carbocycles. The van der Waals surface area contributed by atoms with Gasteiger partial charge in [0.25, 0.3) is 11.8 Å². The zero-order chi connectivity index (χ0) is 53.7. The number of hydrogen-bond acceptors (Lipinski definition) is 13. The van der Waals surface area contributed by atoms with Gasteiger partial charge in [-0.2, -0.15) is 0 Å². The monoisotopic (exact) mass is 1100 g/mol. The summed E-state index contributed by atoms with van der Waals surface area (Å²) in [5.74, 6) is 5.09. The molecule has 7 N–H and O–H groups in total. The van der Waals surface area contributed by atoms with Crippen molar-refractivity contribution in [2.75, 3.05) is 34.7 Å². The molecule has 2 aliphatic rings. The lowest BCUT2D eigenvalue weighted by atomic mass is 9.96. The number of nitrogens with two attached hydrogens (primary N) is 1. The number of nitrogen functional groups attached to an aromatic ring is 1. The summed E-state index contributed by atoms with van der Waals surface area (Å²) in [6.07, 6.45) is 19.2. The first-order chi connectivity index (χ1) is 36.9. The largest absolute Gasteiger partial charge is 0.371 e. The normalized spacial score (nSPS) is 13.7. The Balaban J connectivity index is 0.000000168. The molecular weight excluding hydrogens is 1050 g/mol. The van der Waals surface area contributed by atoms with E-state index in [0.717, 1.165) is 39.8 Å². The average molecular weight is 1100 g/mol. The maximum absolute atomic E-state index is 14.7. The van der Waals surface area contributed by atoms with E-state index < -0.39 is 6.04 Å². The van der Waals surface area contributed by atoms with E-state index in [2.05, 4.69) is 56.8 Å². The van der Waals surface area contributed by atoms with E-state index in [0.29, 0.717) is 64.0 Å². The van der Waals surface area contributed by atoms with Crippen LogP contribution in [-0.4, -0.2) is 66.4 Å². The van der Waals surface area contributed by atoms with Gasteiger partial charge < -0.3 is 25.9 Å². The van der Waals surface area contributed by atoms with Crippen LogP contribution in [0.2, 0.25) is 10.0 Å². The third-order valence-electron chi connectivity index (χ3n) is 12.5.